The number of benzene rings is 1. The standard InChI is InChI=1S/C13H16BrClN2O2S/c14-10-1-4-13(12(15)9-10)20(18,19)17-7-5-16(6-8-17)11-2-3-11/h1,4,9,11H,2-3,5-8H2. The van der Waals surface area contributed by atoms with Crippen LogP contribution in [0.25, 0.3) is 0 Å². The lowest BCUT2D eigenvalue weighted by molar-refractivity contribution is 0.180. The highest BCUT2D eigenvalue weighted by molar-refractivity contribution is 9.10. The maximum absolute atomic E-state index is 12.6. The molecule has 1 aliphatic heterocycles. The third-order valence-electron chi connectivity index (χ3n) is 3.85. The van der Waals surface area contributed by atoms with E-state index in [-0.39, 0.29) is 9.92 Å². The molecular weight excluding hydrogens is 364 g/mol. The molecule has 0 bridgehead atoms. The van der Waals surface area contributed by atoms with Gasteiger partial charge in [0, 0.05) is 36.7 Å². The van der Waals surface area contributed by atoms with Gasteiger partial charge >= 0.3 is 0 Å². The fraction of sp³-hybridized carbons (Fsp3) is 0.538. The minimum atomic E-state index is -3.48. The van der Waals surface area contributed by atoms with Gasteiger partial charge in [-0.25, -0.2) is 8.42 Å². The predicted octanol–water partition coefficient (Wildman–Crippen LogP) is 2.57. The molecule has 0 radical (unpaired) electrons. The molecule has 1 saturated carbocycles. The zero-order chi connectivity index (χ0) is 14.3. The Morgan fingerprint density at radius 3 is 2.35 bits per heavy atom. The van der Waals surface area contributed by atoms with Gasteiger partial charge in [0.2, 0.25) is 10.0 Å². The Morgan fingerprint density at radius 2 is 1.80 bits per heavy atom. The Kier molecular flexibility index (Phi) is 4.12. The third-order valence-corrected chi connectivity index (χ3v) is 6.72. The molecule has 1 saturated heterocycles. The Hall–Kier alpha value is -0.140. The molecule has 4 nitrogen and oxygen atoms in total. The van der Waals surface area contributed by atoms with E-state index >= 15 is 0 Å². The summed E-state index contributed by atoms with van der Waals surface area (Å²) >= 11 is 9.37. The van der Waals surface area contributed by atoms with Gasteiger partial charge in [0.15, 0.2) is 0 Å². The van der Waals surface area contributed by atoms with Gasteiger partial charge in [0.25, 0.3) is 0 Å². The van der Waals surface area contributed by atoms with Crippen molar-refractivity contribution in [3.05, 3.63) is 27.7 Å². The molecule has 2 fully saturated rings. The van der Waals surface area contributed by atoms with Gasteiger partial charge in [-0.05, 0) is 31.0 Å². The smallest absolute Gasteiger partial charge is 0.244 e. The summed E-state index contributed by atoms with van der Waals surface area (Å²) in [7, 11) is -3.48. The van der Waals surface area contributed by atoms with E-state index in [2.05, 4.69) is 20.8 Å². The Bertz CT molecular complexity index is 611. The van der Waals surface area contributed by atoms with Crippen molar-refractivity contribution in [2.24, 2.45) is 0 Å². The van der Waals surface area contributed by atoms with E-state index < -0.39 is 10.0 Å². The maximum atomic E-state index is 12.6. The van der Waals surface area contributed by atoms with E-state index in [9.17, 15) is 8.42 Å². The Balaban J connectivity index is 1.78. The van der Waals surface area contributed by atoms with Gasteiger partial charge in [-0.2, -0.15) is 4.31 Å². The summed E-state index contributed by atoms with van der Waals surface area (Å²) in [5, 5.41) is 0.268. The van der Waals surface area contributed by atoms with Crippen molar-refractivity contribution in [2.45, 2.75) is 23.8 Å². The van der Waals surface area contributed by atoms with Crippen LogP contribution in [0.4, 0.5) is 0 Å². The van der Waals surface area contributed by atoms with Crippen molar-refractivity contribution in [1.29, 1.82) is 0 Å². The maximum Gasteiger partial charge on any atom is 0.244 e. The van der Waals surface area contributed by atoms with E-state index in [1.807, 2.05) is 0 Å². The van der Waals surface area contributed by atoms with Crippen molar-refractivity contribution in [3.8, 4) is 0 Å². The van der Waals surface area contributed by atoms with Crippen LogP contribution in [-0.4, -0.2) is 49.8 Å². The summed E-state index contributed by atoms with van der Waals surface area (Å²) < 4.78 is 27.6. The summed E-state index contributed by atoms with van der Waals surface area (Å²) in [4.78, 5) is 2.58. The summed E-state index contributed by atoms with van der Waals surface area (Å²) in [6.07, 6.45) is 2.51. The molecule has 7 heteroatoms. The molecule has 0 aromatic heterocycles. The molecule has 0 unspecified atom stereocenters. The van der Waals surface area contributed by atoms with Gasteiger partial charge in [0.05, 0.1) is 5.02 Å². The van der Waals surface area contributed by atoms with E-state index in [0.29, 0.717) is 19.1 Å². The molecule has 1 aliphatic carbocycles. The molecule has 1 heterocycles. The van der Waals surface area contributed by atoms with E-state index in [1.54, 1.807) is 22.5 Å². The number of sulfonamides is 1. The largest absolute Gasteiger partial charge is 0.298 e. The van der Waals surface area contributed by atoms with Crippen LogP contribution < -0.4 is 0 Å². The summed E-state index contributed by atoms with van der Waals surface area (Å²) in [5.41, 5.74) is 0. The molecule has 1 aromatic carbocycles. The second-order valence-electron chi connectivity index (χ2n) is 5.25. The molecule has 0 atom stereocenters. The van der Waals surface area contributed by atoms with Gasteiger partial charge < -0.3 is 0 Å². The topological polar surface area (TPSA) is 40.6 Å². The van der Waals surface area contributed by atoms with Crippen LogP contribution in [-0.2, 0) is 10.0 Å². The molecule has 110 valence electrons. The Labute approximate surface area is 132 Å². The number of rotatable bonds is 3. The number of piperazine rings is 1. The van der Waals surface area contributed by atoms with Crippen LogP contribution in [0.2, 0.25) is 5.02 Å². The fourth-order valence-corrected chi connectivity index (χ4v) is 5.01. The molecule has 20 heavy (non-hydrogen) atoms. The van der Waals surface area contributed by atoms with Crippen molar-refractivity contribution in [3.63, 3.8) is 0 Å². The SMILES string of the molecule is O=S(=O)(c1ccc(Br)cc1Cl)N1CCN(C2CC2)CC1. The molecule has 0 spiro atoms. The van der Waals surface area contributed by atoms with Crippen LogP contribution in [0.1, 0.15) is 12.8 Å². The van der Waals surface area contributed by atoms with Gasteiger partial charge in [-0.1, -0.05) is 27.5 Å². The van der Waals surface area contributed by atoms with E-state index in [4.69, 9.17) is 11.6 Å². The van der Waals surface area contributed by atoms with Gasteiger partial charge in [-0.15, -0.1) is 0 Å². The number of halogens is 2. The van der Waals surface area contributed by atoms with E-state index in [1.165, 1.54) is 12.8 Å². The van der Waals surface area contributed by atoms with Gasteiger partial charge in [-0.3, -0.25) is 4.90 Å². The van der Waals surface area contributed by atoms with Crippen LogP contribution in [0.5, 0.6) is 0 Å². The molecule has 1 aromatic rings. The quantitative estimate of drug-likeness (QED) is 0.810. The first kappa shape index (κ1) is 14.8. The second kappa shape index (κ2) is 5.57. The fourth-order valence-electron chi connectivity index (χ4n) is 2.57. The highest BCUT2D eigenvalue weighted by Gasteiger charge is 2.35. The zero-order valence-corrected chi connectivity index (χ0v) is 14.1. The highest BCUT2D eigenvalue weighted by Crippen LogP contribution is 2.31. The average Bonchev–Trinajstić information content (AvgIpc) is 3.22. The molecule has 2 aliphatic rings. The average molecular weight is 380 g/mol. The number of nitrogens with zero attached hydrogens (tertiary/aromatic N) is 2. The minimum absolute atomic E-state index is 0.197. The van der Waals surface area contributed by atoms with Crippen molar-refractivity contribution >= 4 is 37.6 Å². The molecule has 0 N–H and O–H groups in total. The first-order valence-corrected chi connectivity index (χ1v) is 9.29. The lowest BCUT2D eigenvalue weighted by Gasteiger charge is -2.34. The summed E-state index contributed by atoms with van der Waals surface area (Å²) in [6.45, 7) is 2.73. The summed E-state index contributed by atoms with van der Waals surface area (Å²) in [6, 6.07) is 5.58. The van der Waals surface area contributed by atoms with Crippen LogP contribution >= 0.6 is 27.5 Å². The van der Waals surface area contributed by atoms with E-state index in [0.717, 1.165) is 17.6 Å². The third kappa shape index (κ3) is 2.90. The molecule has 3 rings (SSSR count). The normalized spacial score (nSPS) is 22.1. The van der Waals surface area contributed by atoms with Gasteiger partial charge in [0.1, 0.15) is 4.90 Å². The predicted molar refractivity (Wildman–Crippen MR) is 82.5 cm³/mol. The van der Waals surface area contributed by atoms with Crippen molar-refractivity contribution < 1.29 is 8.42 Å². The monoisotopic (exact) mass is 378 g/mol. The zero-order valence-electron chi connectivity index (χ0n) is 10.9. The van der Waals surface area contributed by atoms with Crippen molar-refractivity contribution in [1.82, 2.24) is 9.21 Å². The first-order valence-electron chi connectivity index (χ1n) is 6.68. The number of hydrogen-bond acceptors (Lipinski definition) is 3. The lowest BCUT2D eigenvalue weighted by atomic mass is 10.3. The lowest BCUT2D eigenvalue weighted by Crippen LogP contribution is -2.49. The highest BCUT2D eigenvalue weighted by atomic mass is 79.9. The molecule has 0 amide bonds. The molecular formula is C13H16BrClN2O2S. The first-order chi connectivity index (χ1) is 9.48. The Morgan fingerprint density at radius 1 is 1.15 bits per heavy atom. The van der Waals surface area contributed by atoms with Crippen LogP contribution in [0, 0.1) is 0 Å². The number of hydrogen-bond donors (Lipinski definition) is 0. The second-order valence-corrected chi connectivity index (χ2v) is 8.48. The summed E-state index contributed by atoms with van der Waals surface area (Å²) in [5.74, 6) is 0. The minimum Gasteiger partial charge on any atom is -0.298 e. The van der Waals surface area contributed by atoms with Crippen LogP contribution in [0.15, 0.2) is 27.6 Å². The van der Waals surface area contributed by atoms with Crippen molar-refractivity contribution in [2.75, 3.05) is 26.2 Å². The van der Waals surface area contributed by atoms with Crippen LogP contribution in [0.3, 0.4) is 0 Å².